The van der Waals surface area contributed by atoms with Gasteiger partial charge in [0.1, 0.15) is 10.8 Å². The minimum atomic E-state index is -3.63. The maximum Gasteiger partial charge on any atom is 0.252 e. The number of sulfonamides is 1. The fraction of sp³-hybridized carbons (Fsp3) is 0.348. The zero-order valence-electron chi connectivity index (χ0n) is 17.6. The molecule has 0 unspecified atom stereocenters. The van der Waals surface area contributed by atoms with Gasteiger partial charge in [-0.2, -0.15) is 4.31 Å². The van der Waals surface area contributed by atoms with E-state index in [1.165, 1.54) is 11.3 Å². The highest BCUT2D eigenvalue weighted by atomic mass is 35.5. The van der Waals surface area contributed by atoms with Crippen molar-refractivity contribution in [1.29, 1.82) is 0 Å². The number of rotatable bonds is 10. The van der Waals surface area contributed by atoms with Crippen molar-refractivity contribution in [1.82, 2.24) is 4.31 Å². The van der Waals surface area contributed by atoms with Gasteiger partial charge >= 0.3 is 0 Å². The average molecular weight is 480 g/mol. The van der Waals surface area contributed by atoms with Gasteiger partial charge in [0.05, 0.1) is 0 Å². The number of carbonyl (C=O) groups is 1. The molecule has 5 nitrogen and oxygen atoms in total. The lowest BCUT2D eigenvalue weighted by Crippen LogP contribution is -2.33. The van der Waals surface area contributed by atoms with Crippen molar-refractivity contribution in [2.75, 3.05) is 19.7 Å². The Labute approximate surface area is 192 Å². The van der Waals surface area contributed by atoms with E-state index < -0.39 is 16.6 Å². The lowest BCUT2D eigenvalue weighted by Gasteiger charge is -2.21. The van der Waals surface area contributed by atoms with Gasteiger partial charge in [0.25, 0.3) is 10.0 Å². The van der Waals surface area contributed by atoms with Crippen LogP contribution in [-0.2, 0) is 27.7 Å². The fourth-order valence-electron chi connectivity index (χ4n) is 3.50. The molecule has 8 heteroatoms. The van der Waals surface area contributed by atoms with E-state index in [0.29, 0.717) is 28.7 Å². The smallest absolute Gasteiger partial charge is 0.252 e. The number of aliphatic hydroxyl groups is 1. The molecule has 0 saturated heterocycles. The Morgan fingerprint density at radius 1 is 1.10 bits per heavy atom. The molecule has 31 heavy (non-hydrogen) atoms. The largest absolute Gasteiger partial charge is 0.389 e. The standard InChI is InChI=1S/C23H26ClNO4S2/c1-3-11-25(12-10-17-4-6-18(7-5-17)13-20(27)15-26)31(28,29)23-16(2)21-14-19(24)8-9-22(21)30-23/h4-9,14,26H,3,10-13,15H2,1-2H3. The van der Waals surface area contributed by atoms with E-state index in [-0.39, 0.29) is 12.2 Å². The number of hydrogen-bond acceptors (Lipinski definition) is 5. The van der Waals surface area contributed by atoms with Crippen LogP contribution in [0, 0.1) is 6.92 Å². The van der Waals surface area contributed by atoms with Gasteiger partial charge in [-0.3, -0.25) is 4.79 Å². The molecule has 3 rings (SSSR count). The van der Waals surface area contributed by atoms with E-state index in [4.69, 9.17) is 16.7 Å². The van der Waals surface area contributed by atoms with Gasteiger partial charge in [0, 0.05) is 29.2 Å². The molecule has 3 aromatic rings. The zero-order chi connectivity index (χ0) is 22.6. The van der Waals surface area contributed by atoms with Crippen molar-refractivity contribution in [3.63, 3.8) is 0 Å². The van der Waals surface area contributed by atoms with Gasteiger partial charge in [0.2, 0.25) is 0 Å². The van der Waals surface area contributed by atoms with Gasteiger partial charge in [-0.15, -0.1) is 11.3 Å². The molecule has 0 aliphatic rings. The maximum atomic E-state index is 13.5. The third kappa shape index (κ3) is 5.54. The molecular weight excluding hydrogens is 454 g/mol. The number of benzene rings is 2. The van der Waals surface area contributed by atoms with Crippen molar-refractivity contribution in [3.8, 4) is 0 Å². The lowest BCUT2D eigenvalue weighted by atomic mass is 10.1. The number of aliphatic hydroxyl groups excluding tert-OH is 1. The predicted molar refractivity (Wildman–Crippen MR) is 127 cm³/mol. The lowest BCUT2D eigenvalue weighted by molar-refractivity contribution is -0.121. The predicted octanol–water partition coefficient (Wildman–Crippen LogP) is 4.61. The van der Waals surface area contributed by atoms with Crippen LogP contribution in [0.15, 0.2) is 46.7 Å². The van der Waals surface area contributed by atoms with Crippen LogP contribution in [0.25, 0.3) is 10.1 Å². The first-order valence-corrected chi connectivity index (χ1v) is 12.8. The van der Waals surface area contributed by atoms with Crippen LogP contribution in [0.1, 0.15) is 30.0 Å². The number of halogens is 1. The minimum absolute atomic E-state index is 0.197. The highest BCUT2D eigenvalue weighted by Gasteiger charge is 2.28. The van der Waals surface area contributed by atoms with E-state index in [1.807, 2.05) is 50.2 Å². The van der Waals surface area contributed by atoms with E-state index in [2.05, 4.69) is 0 Å². The number of nitrogens with zero attached hydrogens (tertiary/aromatic N) is 1. The summed E-state index contributed by atoms with van der Waals surface area (Å²) in [6, 6.07) is 13.0. The van der Waals surface area contributed by atoms with Crippen LogP contribution in [0.2, 0.25) is 5.02 Å². The maximum absolute atomic E-state index is 13.5. The molecule has 0 fully saturated rings. The third-order valence-electron chi connectivity index (χ3n) is 5.15. The van der Waals surface area contributed by atoms with Gasteiger partial charge < -0.3 is 5.11 Å². The summed E-state index contributed by atoms with van der Waals surface area (Å²) in [5.41, 5.74) is 2.57. The van der Waals surface area contributed by atoms with Crippen molar-refractivity contribution in [3.05, 3.63) is 64.2 Å². The van der Waals surface area contributed by atoms with Crippen molar-refractivity contribution in [2.24, 2.45) is 0 Å². The summed E-state index contributed by atoms with van der Waals surface area (Å²) in [6.07, 6.45) is 1.49. The van der Waals surface area contributed by atoms with Crippen LogP contribution in [0.3, 0.4) is 0 Å². The summed E-state index contributed by atoms with van der Waals surface area (Å²) < 4.78 is 29.8. The number of Topliss-reactive ketones (excluding diaryl/α,β-unsaturated/α-hetero) is 1. The highest BCUT2D eigenvalue weighted by molar-refractivity contribution is 7.91. The summed E-state index contributed by atoms with van der Waals surface area (Å²) in [4.78, 5) is 11.4. The molecule has 0 amide bonds. The Hall–Kier alpha value is -1.77. The van der Waals surface area contributed by atoms with Crippen LogP contribution in [-0.4, -0.2) is 43.3 Å². The highest BCUT2D eigenvalue weighted by Crippen LogP contribution is 2.37. The summed E-state index contributed by atoms with van der Waals surface area (Å²) in [7, 11) is -3.63. The van der Waals surface area contributed by atoms with E-state index in [1.54, 1.807) is 10.4 Å². The minimum Gasteiger partial charge on any atom is -0.389 e. The molecule has 0 aliphatic carbocycles. The Bertz CT molecular complexity index is 1170. The van der Waals surface area contributed by atoms with Crippen molar-refractivity contribution >= 4 is 48.8 Å². The molecule has 0 spiro atoms. The molecule has 1 heterocycles. The van der Waals surface area contributed by atoms with E-state index in [9.17, 15) is 13.2 Å². The Morgan fingerprint density at radius 2 is 1.77 bits per heavy atom. The summed E-state index contributed by atoms with van der Waals surface area (Å²) in [6.45, 7) is 4.15. The number of ketones is 1. The van der Waals surface area contributed by atoms with Crippen LogP contribution in [0.5, 0.6) is 0 Å². The Kier molecular flexibility index (Phi) is 7.88. The number of fused-ring (bicyclic) bond motifs is 1. The van der Waals surface area contributed by atoms with Crippen LogP contribution in [0.4, 0.5) is 0 Å². The van der Waals surface area contributed by atoms with Gasteiger partial charge in [-0.05, 0) is 60.0 Å². The molecular formula is C23H26ClNO4S2. The molecule has 0 atom stereocenters. The monoisotopic (exact) mass is 479 g/mol. The summed E-state index contributed by atoms with van der Waals surface area (Å²) in [5.74, 6) is -0.229. The topological polar surface area (TPSA) is 74.7 Å². The van der Waals surface area contributed by atoms with Crippen molar-refractivity contribution < 1.29 is 18.3 Å². The number of aryl methyl sites for hydroxylation is 1. The first-order chi connectivity index (χ1) is 14.8. The molecule has 166 valence electrons. The Balaban J connectivity index is 1.80. The molecule has 1 aromatic heterocycles. The number of hydrogen-bond donors (Lipinski definition) is 1. The quantitative estimate of drug-likeness (QED) is 0.460. The SMILES string of the molecule is CCCN(CCc1ccc(CC(=O)CO)cc1)S(=O)(=O)c1sc2ccc(Cl)cc2c1C. The Morgan fingerprint density at radius 3 is 2.42 bits per heavy atom. The van der Waals surface area contributed by atoms with Crippen LogP contribution < -0.4 is 0 Å². The second-order valence-electron chi connectivity index (χ2n) is 7.50. The van der Waals surface area contributed by atoms with Gasteiger partial charge in [-0.25, -0.2) is 8.42 Å². The molecule has 0 bridgehead atoms. The zero-order valence-corrected chi connectivity index (χ0v) is 20.0. The average Bonchev–Trinajstić information content (AvgIpc) is 3.08. The number of carbonyl (C=O) groups excluding carboxylic acids is 1. The molecule has 2 aromatic carbocycles. The third-order valence-corrected chi connectivity index (χ3v) is 9.16. The molecule has 0 radical (unpaired) electrons. The second-order valence-corrected chi connectivity index (χ2v) is 11.1. The summed E-state index contributed by atoms with van der Waals surface area (Å²) in [5, 5.41) is 10.3. The number of thiophene rings is 1. The normalized spacial score (nSPS) is 12.0. The van der Waals surface area contributed by atoms with Crippen LogP contribution >= 0.6 is 22.9 Å². The first kappa shape index (κ1) is 23.9. The molecule has 0 saturated carbocycles. The second kappa shape index (κ2) is 10.2. The molecule has 1 N–H and O–H groups in total. The van der Waals surface area contributed by atoms with Crippen molar-refractivity contribution in [2.45, 2.75) is 37.3 Å². The van der Waals surface area contributed by atoms with E-state index >= 15 is 0 Å². The molecule has 0 aliphatic heterocycles. The van der Waals surface area contributed by atoms with Gasteiger partial charge in [-0.1, -0.05) is 42.8 Å². The van der Waals surface area contributed by atoms with E-state index in [0.717, 1.165) is 33.2 Å². The summed E-state index contributed by atoms with van der Waals surface area (Å²) >= 11 is 7.39. The fourth-order valence-corrected chi connectivity index (χ4v) is 7.08. The van der Waals surface area contributed by atoms with Gasteiger partial charge in [0.15, 0.2) is 5.78 Å². The first-order valence-electron chi connectivity index (χ1n) is 10.2.